The number of methoxy groups -OCH3 is 1. The van der Waals surface area contributed by atoms with Crippen molar-refractivity contribution in [2.75, 3.05) is 12.9 Å². The molecule has 0 N–H and O–H groups in total. The first-order valence-corrected chi connectivity index (χ1v) is 6.87. The average Bonchev–Trinajstić information content (AvgIpc) is 2.27. The van der Waals surface area contributed by atoms with Crippen LogP contribution in [-0.4, -0.2) is 23.0 Å². The molecular formula is C11H13BrO3S. The zero-order valence-electron chi connectivity index (χ0n) is 9.10. The van der Waals surface area contributed by atoms with Crippen LogP contribution in [0.1, 0.15) is 6.92 Å². The Labute approximate surface area is 106 Å². The maximum absolute atomic E-state index is 11.9. The SMILES string of the molecule is COC(=O)C(C)CS(=O)c1cccc(Br)c1. The first kappa shape index (κ1) is 13.4. The fraction of sp³-hybridized carbons (Fsp3) is 0.364. The van der Waals surface area contributed by atoms with E-state index in [1.165, 1.54) is 7.11 Å². The van der Waals surface area contributed by atoms with Crippen molar-refractivity contribution >= 4 is 32.7 Å². The Morgan fingerprint density at radius 3 is 2.81 bits per heavy atom. The predicted octanol–water partition coefficient (Wildman–Crippen LogP) is 2.37. The van der Waals surface area contributed by atoms with Crippen LogP contribution in [0.5, 0.6) is 0 Å². The van der Waals surface area contributed by atoms with Crippen molar-refractivity contribution in [3.8, 4) is 0 Å². The van der Waals surface area contributed by atoms with Gasteiger partial charge < -0.3 is 4.74 Å². The molecule has 2 atom stereocenters. The molecule has 0 aromatic heterocycles. The molecule has 0 bridgehead atoms. The van der Waals surface area contributed by atoms with Gasteiger partial charge in [0.25, 0.3) is 0 Å². The second-order valence-electron chi connectivity index (χ2n) is 3.39. The molecule has 0 saturated carbocycles. The lowest BCUT2D eigenvalue weighted by Gasteiger charge is -2.08. The maximum atomic E-state index is 11.9. The van der Waals surface area contributed by atoms with Gasteiger partial charge in [0.2, 0.25) is 0 Å². The molecule has 88 valence electrons. The highest BCUT2D eigenvalue weighted by molar-refractivity contribution is 9.10. The molecule has 0 spiro atoms. The van der Waals surface area contributed by atoms with Crippen molar-refractivity contribution in [2.24, 2.45) is 5.92 Å². The van der Waals surface area contributed by atoms with Crippen LogP contribution in [-0.2, 0) is 20.3 Å². The van der Waals surface area contributed by atoms with Crippen LogP contribution in [0.4, 0.5) is 0 Å². The molecule has 0 heterocycles. The molecule has 2 unspecified atom stereocenters. The highest BCUT2D eigenvalue weighted by atomic mass is 79.9. The van der Waals surface area contributed by atoms with Gasteiger partial charge in [-0.05, 0) is 18.2 Å². The molecule has 0 fully saturated rings. The van der Waals surface area contributed by atoms with Gasteiger partial charge in [-0.3, -0.25) is 9.00 Å². The van der Waals surface area contributed by atoms with Crippen LogP contribution in [0.25, 0.3) is 0 Å². The molecule has 0 aliphatic carbocycles. The van der Waals surface area contributed by atoms with Crippen molar-refractivity contribution in [3.05, 3.63) is 28.7 Å². The first-order chi connectivity index (χ1) is 7.54. The quantitative estimate of drug-likeness (QED) is 0.802. The van der Waals surface area contributed by atoms with Crippen LogP contribution in [0.3, 0.4) is 0 Å². The van der Waals surface area contributed by atoms with Crippen molar-refractivity contribution < 1.29 is 13.7 Å². The summed E-state index contributed by atoms with van der Waals surface area (Å²) in [7, 11) is 0.157. The molecule has 1 aromatic carbocycles. The van der Waals surface area contributed by atoms with Crippen LogP contribution in [0.2, 0.25) is 0 Å². The molecule has 0 aliphatic heterocycles. The standard InChI is InChI=1S/C11H13BrO3S/c1-8(11(13)15-2)7-16(14)10-5-3-4-9(12)6-10/h3-6,8H,7H2,1-2H3. The predicted molar refractivity (Wildman–Crippen MR) is 66.6 cm³/mol. The molecule has 5 heteroatoms. The van der Waals surface area contributed by atoms with E-state index in [0.29, 0.717) is 4.90 Å². The molecule has 3 nitrogen and oxygen atoms in total. The molecule has 1 aromatic rings. The Hall–Kier alpha value is -0.680. The Kier molecular flexibility index (Phi) is 5.15. The topological polar surface area (TPSA) is 43.4 Å². The van der Waals surface area contributed by atoms with E-state index in [-0.39, 0.29) is 17.6 Å². The minimum absolute atomic E-state index is 0.281. The molecule has 0 amide bonds. The monoisotopic (exact) mass is 304 g/mol. The van der Waals surface area contributed by atoms with Crippen LogP contribution < -0.4 is 0 Å². The Bertz CT molecular complexity index is 406. The van der Waals surface area contributed by atoms with E-state index in [2.05, 4.69) is 20.7 Å². The number of carbonyl (C=O) groups is 1. The number of hydrogen-bond acceptors (Lipinski definition) is 3. The lowest BCUT2D eigenvalue weighted by molar-refractivity contribution is -0.144. The van der Waals surface area contributed by atoms with Gasteiger partial charge in [0.05, 0.1) is 23.8 Å². The minimum Gasteiger partial charge on any atom is -0.469 e. The lowest BCUT2D eigenvalue weighted by atomic mass is 10.2. The summed E-state index contributed by atoms with van der Waals surface area (Å²) in [5.74, 6) is -0.406. The third kappa shape index (κ3) is 3.72. The van der Waals surface area contributed by atoms with Crippen molar-refractivity contribution in [2.45, 2.75) is 11.8 Å². The van der Waals surface area contributed by atoms with Crippen LogP contribution in [0.15, 0.2) is 33.6 Å². The zero-order valence-corrected chi connectivity index (χ0v) is 11.5. The zero-order chi connectivity index (χ0) is 12.1. The fourth-order valence-electron chi connectivity index (χ4n) is 1.20. The summed E-state index contributed by atoms with van der Waals surface area (Å²) in [6.07, 6.45) is 0. The summed E-state index contributed by atoms with van der Waals surface area (Å²) in [6.45, 7) is 1.71. The molecule has 0 aliphatic rings. The minimum atomic E-state index is -1.18. The Morgan fingerprint density at radius 1 is 1.56 bits per heavy atom. The molecule has 1 rings (SSSR count). The summed E-state index contributed by atoms with van der Waals surface area (Å²) in [6, 6.07) is 7.26. The summed E-state index contributed by atoms with van der Waals surface area (Å²) in [4.78, 5) is 11.9. The number of carbonyl (C=O) groups excluding carboxylic acids is 1. The number of rotatable bonds is 4. The third-order valence-electron chi connectivity index (χ3n) is 2.06. The van der Waals surface area contributed by atoms with Gasteiger partial charge in [-0.25, -0.2) is 0 Å². The van der Waals surface area contributed by atoms with E-state index in [1.807, 2.05) is 12.1 Å². The fourth-order valence-corrected chi connectivity index (χ4v) is 3.02. The van der Waals surface area contributed by atoms with Crippen molar-refractivity contribution in [3.63, 3.8) is 0 Å². The first-order valence-electron chi connectivity index (χ1n) is 4.76. The van der Waals surface area contributed by atoms with Gasteiger partial charge in [-0.15, -0.1) is 0 Å². The van der Waals surface area contributed by atoms with Gasteiger partial charge in [-0.2, -0.15) is 0 Å². The van der Waals surface area contributed by atoms with E-state index in [0.717, 1.165) is 4.47 Å². The maximum Gasteiger partial charge on any atom is 0.309 e. The highest BCUT2D eigenvalue weighted by Crippen LogP contribution is 2.16. The van der Waals surface area contributed by atoms with E-state index in [9.17, 15) is 9.00 Å². The largest absolute Gasteiger partial charge is 0.469 e. The number of benzene rings is 1. The molecule has 16 heavy (non-hydrogen) atoms. The number of hydrogen-bond donors (Lipinski definition) is 0. The number of esters is 1. The Balaban J connectivity index is 2.69. The average molecular weight is 305 g/mol. The Morgan fingerprint density at radius 2 is 2.25 bits per heavy atom. The lowest BCUT2D eigenvalue weighted by Crippen LogP contribution is -2.19. The van der Waals surface area contributed by atoms with Gasteiger partial charge in [-0.1, -0.05) is 28.9 Å². The normalized spacial score (nSPS) is 14.2. The molecule has 0 saturated heterocycles. The van der Waals surface area contributed by atoms with Gasteiger partial charge >= 0.3 is 5.97 Å². The van der Waals surface area contributed by atoms with Crippen molar-refractivity contribution in [1.82, 2.24) is 0 Å². The third-order valence-corrected chi connectivity index (χ3v) is 4.14. The number of ether oxygens (including phenoxy) is 1. The van der Waals surface area contributed by atoms with E-state index in [4.69, 9.17) is 0 Å². The summed E-state index contributed by atoms with van der Waals surface area (Å²) >= 11 is 3.31. The molecule has 0 radical (unpaired) electrons. The second kappa shape index (κ2) is 6.15. The summed E-state index contributed by atoms with van der Waals surface area (Å²) < 4.78 is 17.4. The van der Waals surface area contributed by atoms with Gasteiger partial charge in [0.15, 0.2) is 0 Å². The van der Waals surface area contributed by atoms with E-state index < -0.39 is 10.8 Å². The summed E-state index contributed by atoms with van der Waals surface area (Å²) in [5.41, 5.74) is 0. The second-order valence-corrected chi connectivity index (χ2v) is 5.81. The van der Waals surface area contributed by atoms with Crippen LogP contribution >= 0.6 is 15.9 Å². The molecular weight excluding hydrogens is 292 g/mol. The van der Waals surface area contributed by atoms with Crippen LogP contribution in [0, 0.1) is 5.92 Å². The van der Waals surface area contributed by atoms with E-state index >= 15 is 0 Å². The van der Waals surface area contributed by atoms with Crippen molar-refractivity contribution in [1.29, 1.82) is 0 Å². The number of halogens is 1. The smallest absolute Gasteiger partial charge is 0.309 e. The van der Waals surface area contributed by atoms with E-state index in [1.54, 1.807) is 19.1 Å². The van der Waals surface area contributed by atoms with Gasteiger partial charge in [0.1, 0.15) is 0 Å². The summed E-state index contributed by atoms with van der Waals surface area (Å²) in [5, 5.41) is 0. The van der Waals surface area contributed by atoms with Gasteiger partial charge in [0, 0.05) is 15.1 Å². The highest BCUT2D eigenvalue weighted by Gasteiger charge is 2.17.